The van der Waals surface area contributed by atoms with Gasteiger partial charge in [0, 0.05) is 11.0 Å². The maximum absolute atomic E-state index is 8.86. The highest BCUT2D eigenvalue weighted by Gasteiger charge is 2.00. The van der Waals surface area contributed by atoms with Crippen molar-refractivity contribution in [3.63, 3.8) is 0 Å². The summed E-state index contributed by atoms with van der Waals surface area (Å²) in [6.07, 6.45) is 2.28. The zero-order valence-corrected chi connectivity index (χ0v) is 9.76. The van der Waals surface area contributed by atoms with Crippen molar-refractivity contribution in [3.8, 4) is 6.07 Å². The van der Waals surface area contributed by atoms with Gasteiger partial charge in [-0.2, -0.15) is 5.26 Å². The quantitative estimate of drug-likeness (QED) is 0.833. The van der Waals surface area contributed by atoms with Gasteiger partial charge in [0.25, 0.3) is 0 Å². The van der Waals surface area contributed by atoms with Gasteiger partial charge in [0.2, 0.25) is 0 Å². The number of hydrogen-bond acceptors (Lipinski definition) is 2. The highest BCUT2D eigenvalue weighted by molar-refractivity contribution is 9.10. The van der Waals surface area contributed by atoms with Crippen molar-refractivity contribution >= 4 is 21.6 Å². The van der Waals surface area contributed by atoms with Crippen molar-refractivity contribution in [3.05, 3.63) is 28.2 Å². The maximum atomic E-state index is 8.86. The molecule has 74 valence electrons. The Hall–Kier alpha value is -1.01. The van der Waals surface area contributed by atoms with E-state index in [0.29, 0.717) is 5.56 Å². The molecule has 0 heterocycles. The molecular formula is C11H13BrN2. The van der Waals surface area contributed by atoms with Gasteiger partial charge in [-0.15, -0.1) is 0 Å². The predicted octanol–water partition coefficient (Wildman–Crippen LogP) is 3.53. The molecule has 0 unspecified atom stereocenters. The minimum Gasteiger partial charge on any atom is -0.384 e. The molecule has 0 spiro atoms. The summed E-state index contributed by atoms with van der Waals surface area (Å²) in [6, 6.07) is 7.80. The number of benzene rings is 1. The number of nitriles is 1. The van der Waals surface area contributed by atoms with Gasteiger partial charge in [-0.05, 0) is 24.6 Å². The average molecular weight is 253 g/mol. The SMILES string of the molecule is CCCCNc1cc(Br)ccc1C#N. The fourth-order valence-electron chi connectivity index (χ4n) is 1.16. The van der Waals surface area contributed by atoms with Gasteiger partial charge in [-0.1, -0.05) is 29.3 Å². The highest BCUT2D eigenvalue weighted by atomic mass is 79.9. The smallest absolute Gasteiger partial charge is 0.101 e. The Morgan fingerprint density at radius 1 is 1.50 bits per heavy atom. The van der Waals surface area contributed by atoms with Crippen molar-refractivity contribution < 1.29 is 0 Å². The molecule has 0 radical (unpaired) electrons. The summed E-state index contributed by atoms with van der Waals surface area (Å²) >= 11 is 3.39. The molecule has 1 rings (SSSR count). The molecule has 0 fully saturated rings. The van der Waals surface area contributed by atoms with Crippen molar-refractivity contribution in [2.24, 2.45) is 0 Å². The molecule has 0 bridgehead atoms. The molecule has 1 aromatic rings. The molecular weight excluding hydrogens is 240 g/mol. The van der Waals surface area contributed by atoms with Crippen LogP contribution >= 0.6 is 15.9 Å². The van der Waals surface area contributed by atoms with E-state index in [2.05, 4.69) is 34.2 Å². The Morgan fingerprint density at radius 3 is 2.93 bits per heavy atom. The fraction of sp³-hybridized carbons (Fsp3) is 0.364. The summed E-state index contributed by atoms with van der Waals surface area (Å²) < 4.78 is 0.996. The predicted molar refractivity (Wildman–Crippen MR) is 62.3 cm³/mol. The second-order valence-corrected chi connectivity index (χ2v) is 4.00. The first-order chi connectivity index (χ1) is 6.77. The lowest BCUT2D eigenvalue weighted by atomic mass is 10.2. The maximum Gasteiger partial charge on any atom is 0.101 e. The van der Waals surface area contributed by atoms with E-state index in [1.807, 2.05) is 18.2 Å². The van der Waals surface area contributed by atoms with Crippen LogP contribution in [0.15, 0.2) is 22.7 Å². The summed E-state index contributed by atoms with van der Waals surface area (Å²) in [5, 5.41) is 12.1. The van der Waals surface area contributed by atoms with Crippen molar-refractivity contribution in [1.82, 2.24) is 0 Å². The molecule has 0 saturated carbocycles. The summed E-state index contributed by atoms with van der Waals surface area (Å²) in [7, 11) is 0. The Labute approximate surface area is 93.1 Å². The van der Waals surface area contributed by atoms with Gasteiger partial charge in [-0.3, -0.25) is 0 Å². The molecule has 1 aromatic carbocycles. The van der Waals surface area contributed by atoms with E-state index >= 15 is 0 Å². The van der Waals surface area contributed by atoms with Crippen LogP contribution in [0.2, 0.25) is 0 Å². The fourth-order valence-corrected chi connectivity index (χ4v) is 1.52. The average Bonchev–Trinajstić information content (AvgIpc) is 2.19. The summed E-state index contributed by atoms with van der Waals surface area (Å²) in [4.78, 5) is 0. The van der Waals surface area contributed by atoms with Crippen molar-refractivity contribution in [1.29, 1.82) is 5.26 Å². The molecule has 2 nitrogen and oxygen atoms in total. The van der Waals surface area contributed by atoms with E-state index in [0.717, 1.165) is 29.5 Å². The Balaban J connectivity index is 2.73. The Kier molecular flexibility index (Phi) is 4.48. The monoisotopic (exact) mass is 252 g/mol. The summed E-state index contributed by atoms with van der Waals surface area (Å²) in [5.41, 5.74) is 1.61. The van der Waals surface area contributed by atoms with Gasteiger partial charge in [0.15, 0.2) is 0 Å². The van der Waals surface area contributed by atoms with Crippen LogP contribution < -0.4 is 5.32 Å². The number of nitrogens with zero attached hydrogens (tertiary/aromatic N) is 1. The zero-order chi connectivity index (χ0) is 10.4. The number of rotatable bonds is 4. The minimum atomic E-state index is 0.698. The van der Waals surface area contributed by atoms with Crippen molar-refractivity contribution in [2.75, 3.05) is 11.9 Å². The number of anilines is 1. The molecule has 1 N–H and O–H groups in total. The topological polar surface area (TPSA) is 35.8 Å². The molecule has 3 heteroatoms. The summed E-state index contributed by atoms with van der Waals surface area (Å²) in [6.45, 7) is 3.06. The van der Waals surface area contributed by atoms with Crippen LogP contribution in [0.5, 0.6) is 0 Å². The van der Waals surface area contributed by atoms with Crippen LogP contribution in [0.4, 0.5) is 5.69 Å². The number of halogens is 1. The third-order valence-electron chi connectivity index (χ3n) is 1.95. The first kappa shape index (κ1) is 11.1. The number of nitrogens with one attached hydrogen (secondary N) is 1. The van der Waals surface area contributed by atoms with Gasteiger partial charge >= 0.3 is 0 Å². The van der Waals surface area contributed by atoms with Gasteiger partial charge in [-0.25, -0.2) is 0 Å². The third kappa shape index (κ3) is 3.04. The first-order valence-electron chi connectivity index (χ1n) is 4.71. The van der Waals surface area contributed by atoms with Crippen LogP contribution in [0.3, 0.4) is 0 Å². The molecule has 0 aliphatic heterocycles. The van der Waals surface area contributed by atoms with Crippen LogP contribution in [0, 0.1) is 11.3 Å². The van der Waals surface area contributed by atoms with E-state index in [1.54, 1.807) is 0 Å². The molecule has 0 saturated heterocycles. The minimum absolute atomic E-state index is 0.698. The normalized spacial score (nSPS) is 9.50. The molecule has 0 aromatic heterocycles. The second kappa shape index (κ2) is 5.66. The standard InChI is InChI=1S/C11H13BrN2/c1-2-3-6-14-11-7-10(12)5-4-9(11)8-13/h4-5,7,14H,2-3,6H2,1H3. The molecule has 0 aliphatic rings. The van der Waals surface area contributed by atoms with Gasteiger partial charge in [0.05, 0.1) is 11.3 Å². The Bertz CT molecular complexity index is 342. The third-order valence-corrected chi connectivity index (χ3v) is 2.44. The number of unbranched alkanes of at least 4 members (excludes halogenated alkanes) is 1. The lowest BCUT2D eigenvalue weighted by Gasteiger charge is -2.07. The van der Waals surface area contributed by atoms with Crippen molar-refractivity contribution in [2.45, 2.75) is 19.8 Å². The van der Waals surface area contributed by atoms with Crippen LogP contribution in [-0.4, -0.2) is 6.54 Å². The van der Waals surface area contributed by atoms with Crippen LogP contribution in [0.1, 0.15) is 25.3 Å². The first-order valence-corrected chi connectivity index (χ1v) is 5.50. The highest BCUT2D eigenvalue weighted by Crippen LogP contribution is 2.20. The molecule has 0 atom stereocenters. The van der Waals surface area contributed by atoms with E-state index in [1.165, 1.54) is 0 Å². The zero-order valence-electron chi connectivity index (χ0n) is 8.18. The van der Waals surface area contributed by atoms with E-state index in [9.17, 15) is 0 Å². The lowest BCUT2D eigenvalue weighted by molar-refractivity contribution is 0.834. The molecule has 0 amide bonds. The Morgan fingerprint density at radius 2 is 2.29 bits per heavy atom. The lowest BCUT2D eigenvalue weighted by Crippen LogP contribution is -2.02. The van der Waals surface area contributed by atoms with Crippen LogP contribution in [-0.2, 0) is 0 Å². The number of hydrogen-bond donors (Lipinski definition) is 1. The van der Waals surface area contributed by atoms with Gasteiger partial charge in [0.1, 0.15) is 6.07 Å². The molecule has 14 heavy (non-hydrogen) atoms. The summed E-state index contributed by atoms with van der Waals surface area (Å²) in [5.74, 6) is 0. The second-order valence-electron chi connectivity index (χ2n) is 3.08. The molecule has 0 aliphatic carbocycles. The van der Waals surface area contributed by atoms with E-state index in [-0.39, 0.29) is 0 Å². The van der Waals surface area contributed by atoms with E-state index in [4.69, 9.17) is 5.26 Å². The van der Waals surface area contributed by atoms with Gasteiger partial charge < -0.3 is 5.32 Å². The van der Waals surface area contributed by atoms with E-state index < -0.39 is 0 Å². The van der Waals surface area contributed by atoms with Crippen LogP contribution in [0.25, 0.3) is 0 Å². The largest absolute Gasteiger partial charge is 0.384 e.